The Kier molecular flexibility index (Phi) is 4.27. The molecule has 1 aromatic rings. The third-order valence-electron chi connectivity index (χ3n) is 0.483. The first-order chi connectivity index (χ1) is 5.00. The minimum atomic E-state index is -4.67. The highest BCUT2D eigenvalue weighted by Crippen LogP contribution is 1.68. The van der Waals surface area contributed by atoms with Gasteiger partial charge in [-0.1, -0.05) is 0 Å². The quantitative estimate of drug-likeness (QED) is 0.534. The summed E-state index contributed by atoms with van der Waals surface area (Å²) >= 11 is 0. The van der Waals surface area contributed by atoms with E-state index < -0.39 is 10.4 Å². The van der Waals surface area contributed by atoms with Gasteiger partial charge in [0, 0.05) is 12.4 Å². The maximum atomic E-state index is 8.74. The van der Waals surface area contributed by atoms with Gasteiger partial charge in [0.15, 0.2) is 0 Å². The van der Waals surface area contributed by atoms with Crippen LogP contribution < -0.4 is 0 Å². The molecule has 0 aliphatic heterocycles. The fourth-order valence-corrected chi connectivity index (χ4v) is 0.253. The summed E-state index contributed by atoms with van der Waals surface area (Å²) in [4.78, 5) is 0. The molecule has 0 saturated carbocycles. The van der Waals surface area contributed by atoms with E-state index in [0.717, 1.165) is 0 Å². The molecule has 0 amide bonds. The van der Waals surface area contributed by atoms with Crippen molar-refractivity contribution in [2.24, 2.45) is 0 Å². The van der Waals surface area contributed by atoms with Crippen LogP contribution in [-0.2, 0) is 10.4 Å². The lowest BCUT2D eigenvalue weighted by molar-refractivity contribution is 0.381. The zero-order chi connectivity index (χ0) is 8.74. The summed E-state index contributed by atoms with van der Waals surface area (Å²) in [6.07, 6.45) is 3.28. The molecule has 0 aliphatic rings. The SMILES string of the molecule is O=S(=O)(O)O.c1ccnnc1. The molecular weight excluding hydrogens is 172 g/mol. The minimum Gasteiger partial charge on any atom is -0.264 e. The van der Waals surface area contributed by atoms with Crippen molar-refractivity contribution in [3.8, 4) is 0 Å². The monoisotopic (exact) mass is 178 g/mol. The van der Waals surface area contributed by atoms with Gasteiger partial charge in [0.2, 0.25) is 0 Å². The molecule has 7 heteroatoms. The zero-order valence-electron chi connectivity index (χ0n) is 5.32. The molecule has 11 heavy (non-hydrogen) atoms. The van der Waals surface area contributed by atoms with Crippen LogP contribution in [0.5, 0.6) is 0 Å². The summed E-state index contributed by atoms with van der Waals surface area (Å²) in [6, 6.07) is 3.65. The van der Waals surface area contributed by atoms with Crippen molar-refractivity contribution in [2.45, 2.75) is 0 Å². The molecule has 2 N–H and O–H groups in total. The number of hydrogen-bond acceptors (Lipinski definition) is 4. The van der Waals surface area contributed by atoms with E-state index in [1.807, 2.05) is 12.1 Å². The van der Waals surface area contributed by atoms with Crippen molar-refractivity contribution in [1.82, 2.24) is 10.2 Å². The van der Waals surface area contributed by atoms with Crippen molar-refractivity contribution < 1.29 is 17.5 Å². The first kappa shape index (κ1) is 9.95. The minimum absolute atomic E-state index is 1.64. The van der Waals surface area contributed by atoms with Crippen LogP contribution in [-0.4, -0.2) is 27.7 Å². The van der Waals surface area contributed by atoms with Crippen molar-refractivity contribution in [2.75, 3.05) is 0 Å². The van der Waals surface area contributed by atoms with E-state index in [2.05, 4.69) is 10.2 Å². The van der Waals surface area contributed by atoms with Crippen LogP contribution in [0.25, 0.3) is 0 Å². The highest BCUT2D eigenvalue weighted by Gasteiger charge is 1.84. The zero-order valence-corrected chi connectivity index (χ0v) is 6.14. The third-order valence-corrected chi connectivity index (χ3v) is 0.483. The number of aromatic nitrogens is 2. The lowest BCUT2D eigenvalue weighted by atomic mass is 10.6. The van der Waals surface area contributed by atoms with Crippen LogP contribution in [0, 0.1) is 0 Å². The molecule has 0 atom stereocenters. The van der Waals surface area contributed by atoms with Gasteiger partial charge in [-0.25, -0.2) is 0 Å². The Hall–Kier alpha value is -1.05. The van der Waals surface area contributed by atoms with Crippen LogP contribution in [0.2, 0.25) is 0 Å². The highest BCUT2D eigenvalue weighted by molar-refractivity contribution is 7.79. The first-order valence-electron chi connectivity index (χ1n) is 2.41. The van der Waals surface area contributed by atoms with Gasteiger partial charge in [0.1, 0.15) is 0 Å². The van der Waals surface area contributed by atoms with Crippen LogP contribution in [0.15, 0.2) is 24.5 Å². The van der Waals surface area contributed by atoms with Crippen LogP contribution in [0.1, 0.15) is 0 Å². The Bertz CT molecular complexity index is 237. The number of rotatable bonds is 0. The van der Waals surface area contributed by atoms with Gasteiger partial charge in [0.25, 0.3) is 0 Å². The molecule has 62 valence electrons. The highest BCUT2D eigenvalue weighted by atomic mass is 32.3. The number of nitrogens with zero attached hydrogens (tertiary/aromatic N) is 2. The van der Waals surface area contributed by atoms with Crippen molar-refractivity contribution in [1.29, 1.82) is 0 Å². The molecule has 0 bridgehead atoms. The molecule has 0 fully saturated rings. The molecule has 0 saturated heterocycles. The summed E-state index contributed by atoms with van der Waals surface area (Å²) < 4.78 is 31.6. The van der Waals surface area contributed by atoms with Crippen molar-refractivity contribution in [3.63, 3.8) is 0 Å². The van der Waals surface area contributed by atoms with Gasteiger partial charge < -0.3 is 0 Å². The second-order valence-electron chi connectivity index (χ2n) is 1.36. The van der Waals surface area contributed by atoms with Gasteiger partial charge in [-0.15, -0.1) is 0 Å². The van der Waals surface area contributed by atoms with Gasteiger partial charge in [-0.3, -0.25) is 9.11 Å². The van der Waals surface area contributed by atoms with Crippen LogP contribution >= 0.6 is 0 Å². The van der Waals surface area contributed by atoms with E-state index >= 15 is 0 Å². The lowest BCUT2D eigenvalue weighted by Crippen LogP contribution is -1.89. The molecule has 1 rings (SSSR count). The topological polar surface area (TPSA) is 100 Å². The Labute approximate surface area is 63.5 Å². The van der Waals surface area contributed by atoms with E-state index in [1.54, 1.807) is 12.4 Å². The Morgan fingerprint density at radius 2 is 1.27 bits per heavy atom. The van der Waals surface area contributed by atoms with Gasteiger partial charge in [-0.2, -0.15) is 18.6 Å². The Balaban J connectivity index is 0.000000187. The van der Waals surface area contributed by atoms with E-state index in [9.17, 15) is 0 Å². The Morgan fingerprint density at radius 3 is 1.36 bits per heavy atom. The van der Waals surface area contributed by atoms with E-state index in [4.69, 9.17) is 17.5 Å². The van der Waals surface area contributed by atoms with Gasteiger partial charge in [-0.05, 0) is 12.1 Å². The molecule has 1 aromatic heterocycles. The molecule has 0 unspecified atom stereocenters. The maximum absolute atomic E-state index is 8.74. The standard InChI is InChI=1S/C4H4N2.H2O4S/c1-2-4-6-5-3-1;1-5(2,3)4/h1-4H;(H2,1,2,3,4). The second kappa shape index (κ2) is 4.72. The molecular formula is C4H6N2O4S. The molecule has 6 nitrogen and oxygen atoms in total. The number of hydrogen-bond donors (Lipinski definition) is 2. The molecule has 0 aromatic carbocycles. The average Bonchev–Trinajstić information content (AvgIpc) is 1.88. The summed E-state index contributed by atoms with van der Waals surface area (Å²) in [5, 5.41) is 7.07. The molecule has 0 aliphatic carbocycles. The normalized spacial score (nSPS) is 9.64. The van der Waals surface area contributed by atoms with Crippen molar-refractivity contribution >= 4 is 10.4 Å². The summed E-state index contributed by atoms with van der Waals surface area (Å²) in [6.45, 7) is 0. The lowest BCUT2D eigenvalue weighted by Gasteiger charge is -1.69. The first-order valence-corrected chi connectivity index (χ1v) is 3.81. The summed E-state index contributed by atoms with van der Waals surface area (Å²) in [5.74, 6) is 0. The van der Waals surface area contributed by atoms with Crippen LogP contribution in [0.3, 0.4) is 0 Å². The largest absolute Gasteiger partial charge is 0.394 e. The summed E-state index contributed by atoms with van der Waals surface area (Å²) in [7, 11) is -4.67. The maximum Gasteiger partial charge on any atom is 0.394 e. The van der Waals surface area contributed by atoms with E-state index in [-0.39, 0.29) is 0 Å². The van der Waals surface area contributed by atoms with E-state index in [0.29, 0.717) is 0 Å². The summed E-state index contributed by atoms with van der Waals surface area (Å²) in [5.41, 5.74) is 0. The second-order valence-corrected chi connectivity index (χ2v) is 2.26. The fraction of sp³-hybridized carbons (Fsp3) is 0. The Morgan fingerprint density at radius 1 is 1.00 bits per heavy atom. The average molecular weight is 178 g/mol. The predicted octanol–water partition coefficient (Wildman–Crippen LogP) is -0.176. The third kappa shape index (κ3) is 17.6. The van der Waals surface area contributed by atoms with Crippen LogP contribution in [0.4, 0.5) is 0 Å². The van der Waals surface area contributed by atoms with Gasteiger partial charge >= 0.3 is 10.4 Å². The van der Waals surface area contributed by atoms with Gasteiger partial charge in [0.05, 0.1) is 0 Å². The van der Waals surface area contributed by atoms with Crippen molar-refractivity contribution in [3.05, 3.63) is 24.5 Å². The van der Waals surface area contributed by atoms with E-state index in [1.165, 1.54) is 0 Å². The molecule has 0 spiro atoms. The molecule has 1 heterocycles. The predicted molar refractivity (Wildman–Crippen MR) is 36.2 cm³/mol. The smallest absolute Gasteiger partial charge is 0.264 e. The fourth-order valence-electron chi connectivity index (χ4n) is 0.253. The molecule has 0 radical (unpaired) electrons.